The van der Waals surface area contributed by atoms with Gasteiger partial charge >= 0.3 is 0 Å². The van der Waals surface area contributed by atoms with Crippen LogP contribution in [0, 0.1) is 0 Å². The first kappa shape index (κ1) is 18.2. The van der Waals surface area contributed by atoms with Gasteiger partial charge in [0, 0.05) is 35.3 Å². The van der Waals surface area contributed by atoms with Crippen LogP contribution in [-0.2, 0) is 9.63 Å². The van der Waals surface area contributed by atoms with Gasteiger partial charge < -0.3 is 15.5 Å². The smallest absolute Gasteiger partial charge is 0.271 e. The molecule has 0 aromatic heterocycles. The molecule has 0 saturated heterocycles. The SMILES string of the molecule is CN(C(=O)C1CC(c2ccc(Cl)cc2Cl)=NO1)c1ccc(C(N)=O)cc1. The molecule has 0 spiro atoms. The van der Waals surface area contributed by atoms with E-state index in [-0.39, 0.29) is 5.91 Å². The Kier molecular flexibility index (Phi) is 5.15. The molecule has 1 atom stereocenters. The number of nitrogens with zero attached hydrogens (tertiary/aromatic N) is 2. The fourth-order valence-electron chi connectivity index (χ4n) is 2.58. The minimum Gasteiger partial charge on any atom is -0.382 e. The van der Waals surface area contributed by atoms with Crippen LogP contribution in [0.4, 0.5) is 5.69 Å². The lowest BCUT2D eigenvalue weighted by Crippen LogP contribution is -2.36. The second kappa shape index (κ2) is 7.35. The fraction of sp³-hybridized carbons (Fsp3) is 0.167. The van der Waals surface area contributed by atoms with Crippen molar-refractivity contribution in [2.24, 2.45) is 10.9 Å². The van der Waals surface area contributed by atoms with E-state index in [4.69, 9.17) is 33.8 Å². The van der Waals surface area contributed by atoms with Gasteiger partial charge in [-0.05, 0) is 36.4 Å². The molecule has 26 heavy (non-hydrogen) atoms. The van der Waals surface area contributed by atoms with Gasteiger partial charge in [0.05, 0.1) is 10.7 Å². The van der Waals surface area contributed by atoms with Crippen LogP contribution < -0.4 is 10.6 Å². The van der Waals surface area contributed by atoms with Crippen LogP contribution in [0.3, 0.4) is 0 Å². The van der Waals surface area contributed by atoms with Gasteiger partial charge in [0.1, 0.15) is 0 Å². The number of halogens is 2. The van der Waals surface area contributed by atoms with Crippen molar-refractivity contribution in [3.63, 3.8) is 0 Å². The van der Waals surface area contributed by atoms with Crippen LogP contribution in [0.5, 0.6) is 0 Å². The first-order chi connectivity index (χ1) is 12.4. The van der Waals surface area contributed by atoms with Crippen molar-refractivity contribution in [1.82, 2.24) is 0 Å². The van der Waals surface area contributed by atoms with E-state index < -0.39 is 12.0 Å². The van der Waals surface area contributed by atoms with Crippen molar-refractivity contribution in [3.05, 3.63) is 63.6 Å². The number of nitrogens with two attached hydrogens (primary N) is 1. The molecule has 2 aromatic rings. The molecule has 2 aromatic carbocycles. The van der Waals surface area contributed by atoms with Crippen LogP contribution in [0.1, 0.15) is 22.3 Å². The normalized spacial score (nSPS) is 16.0. The van der Waals surface area contributed by atoms with Gasteiger partial charge in [0.15, 0.2) is 0 Å². The maximum Gasteiger partial charge on any atom is 0.271 e. The van der Waals surface area contributed by atoms with Gasteiger partial charge in [-0.3, -0.25) is 9.59 Å². The van der Waals surface area contributed by atoms with Crippen molar-refractivity contribution in [3.8, 4) is 0 Å². The third-order valence-corrected chi connectivity index (χ3v) is 4.60. The van der Waals surface area contributed by atoms with Crippen LogP contribution in [0.2, 0.25) is 10.0 Å². The first-order valence-corrected chi connectivity index (χ1v) is 8.48. The molecule has 2 N–H and O–H groups in total. The van der Waals surface area contributed by atoms with Crippen LogP contribution in [0.25, 0.3) is 0 Å². The zero-order valence-corrected chi connectivity index (χ0v) is 15.3. The lowest BCUT2D eigenvalue weighted by Gasteiger charge is -2.20. The van der Waals surface area contributed by atoms with Crippen molar-refractivity contribution >= 4 is 46.4 Å². The van der Waals surface area contributed by atoms with E-state index in [1.54, 1.807) is 49.5 Å². The number of rotatable bonds is 4. The predicted octanol–water partition coefficient (Wildman–Crippen LogP) is 3.25. The molecule has 6 nitrogen and oxygen atoms in total. The van der Waals surface area contributed by atoms with E-state index in [1.807, 2.05) is 0 Å². The summed E-state index contributed by atoms with van der Waals surface area (Å²) in [6.45, 7) is 0. The van der Waals surface area contributed by atoms with E-state index in [1.165, 1.54) is 4.90 Å². The Morgan fingerprint density at radius 1 is 1.19 bits per heavy atom. The minimum atomic E-state index is -0.752. The number of amides is 2. The average Bonchev–Trinajstić information content (AvgIpc) is 3.10. The Labute approximate surface area is 160 Å². The van der Waals surface area contributed by atoms with Gasteiger partial charge in [-0.25, -0.2) is 0 Å². The highest BCUT2D eigenvalue weighted by atomic mass is 35.5. The van der Waals surface area contributed by atoms with E-state index in [0.29, 0.717) is 39.0 Å². The number of anilines is 1. The summed E-state index contributed by atoms with van der Waals surface area (Å²) in [6.07, 6.45) is -0.457. The van der Waals surface area contributed by atoms with Crippen LogP contribution in [0.15, 0.2) is 47.6 Å². The minimum absolute atomic E-state index is 0.263. The van der Waals surface area contributed by atoms with Crippen molar-refractivity contribution < 1.29 is 14.4 Å². The van der Waals surface area contributed by atoms with Gasteiger partial charge in [-0.2, -0.15) is 0 Å². The van der Waals surface area contributed by atoms with E-state index in [9.17, 15) is 9.59 Å². The van der Waals surface area contributed by atoms with E-state index in [0.717, 1.165) is 0 Å². The quantitative estimate of drug-likeness (QED) is 0.867. The largest absolute Gasteiger partial charge is 0.382 e. The molecular formula is C18H15Cl2N3O3. The Balaban J connectivity index is 1.70. The van der Waals surface area contributed by atoms with Crippen LogP contribution in [-0.4, -0.2) is 30.7 Å². The Morgan fingerprint density at radius 2 is 1.88 bits per heavy atom. The zero-order valence-electron chi connectivity index (χ0n) is 13.8. The van der Waals surface area contributed by atoms with Crippen molar-refractivity contribution in [2.45, 2.75) is 12.5 Å². The van der Waals surface area contributed by atoms with E-state index >= 15 is 0 Å². The highest BCUT2D eigenvalue weighted by molar-refractivity contribution is 6.37. The van der Waals surface area contributed by atoms with Gasteiger partial charge in [-0.15, -0.1) is 0 Å². The molecule has 0 saturated carbocycles. The second-order valence-electron chi connectivity index (χ2n) is 5.77. The monoisotopic (exact) mass is 391 g/mol. The number of benzene rings is 2. The number of hydrogen-bond donors (Lipinski definition) is 1. The molecule has 2 amide bonds. The second-order valence-corrected chi connectivity index (χ2v) is 6.61. The highest BCUT2D eigenvalue weighted by Crippen LogP contribution is 2.27. The molecule has 0 radical (unpaired) electrons. The lowest BCUT2D eigenvalue weighted by molar-refractivity contribution is -0.128. The summed E-state index contributed by atoms with van der Waals surface area (Å²) in [5, 5.41) is 4.96. The molecule has 134 valence electrons. The van der Waals surface area contributed by atoms with Gasteiger partial charge in [-0.1, -0.05) is 34.4 Å². The number of oxime groups is 1. The molecule has 8 heteroatoms. The standard InChI is InChI=1S/C18H15Cl2N3O3/c1-23(12-5-2-10(3-6-12)17(21)24)18(25)16-9-15(22-26-16)13-7-4-11(19)8-14(13)20/h2-8,16H,9H2,1H3,(H2,21,24). The summed E-state index contributed by atoms with van der Waals surface area (Å²) < 4.78 is 0. The average molecular weight is 392 g/mol. The molecule has 1 aliphatic heterocycles. The Morgan fingerprint density at radius 3 is 2.50 bits per heavy atom. The first-order valence-electron chi connectivity index (χ1n) is 7.72. The summed E-state index contributed by atoms with van der Waals surface area (Å²) in [4.78, 5) is 30.5. The molecule has 0 bridgehead atoms. The number of primary amides is 1. The highest BCUT2D eigenvalue weighted by Gasteiger charge is 2.32. The predicted molar refractivity (Wildman–Crippen MR) is 101 cm³/mol. The topological polar surface area (TPSA) is 85.0 Å². The zero-order chi connectivity index (χ0) is 18.8. The third-order valence-electron chi connectivity index (χ3n) is 4.06. The van der Waals surface area contributed by atoms with Crippen LogP contribution >= 0.6 is 23.2 Å². The fourth-order valence-corrected chi connectivity index (χ4v) is 3.10. The Bertz CT molecular complexity index is 897. The maximum atomic E-state index is 12.7. The lowest BCUT2D eigenvalue weighted by atomic mass is 10.0. The Hall–Kier alpha value is -2.57. The molecule has 1 aliphatic rings. The number of carbonyl (C=O) groups is 2. The summed E-state index contributed by atoms with van der Waals surface area (Å²) in [6, 6.07) is 11.5. The molecule has 0 aliphatic carbocycles. The summed E-state index contributed by atoms with van der Waals surface area (Å²) in [5.74, 6) is -0.789. The third kappa shape index (κ3) is 3.66. The summed E-state index contributed by atoms with van der Waals surface area (Å²) in [5.41, 5.74) is 7.47. The molecular weight excluding hydrogens is 377 g/mol. The number of likely N-dealkylation sites (N-methyl/N-ethyl adjacent to an activating group) is 1. The van der Waals surface area contributed by atoms with Gasteiger partial charge in [0.2, 0.25) is 12.0 Å². The number of hydrogen-bond acceptors (Lipinski definition) is 4. The maximum absolute atomic E-state index is 12.7. The van der Waals surface area contributed by atoms with Crippen molar-refractivity contribution in [2.75, 3.05) is 11.9 Å². The molecule has 0 fully saturated rings. The molecule has 3 rings (SSSR count). The van der Waals surface area contributed by atoms with Gasteiger partial charge in [0.25, 0.3) is 5.91 Å². The van der Waals surface area contributed by atoms with E-state index in [2.05, 4.69) is 5.16 Å². The summed E-state index contributed by atoms with van der Waals surface area (Å²) >= 11 is 12.1. The molecule has 1 heterocycles. The molecule has 1 unspecified atom stereocenters. The summed E-state index contributed by atoms with van der Waals surface area (Å²) in [7, 11) is 1.62. The van der Waals surface area contributed by atoms with Crippen molar-refractivity contribution in [1.29, 1.82) is 0 Å². The number of carbonyl (C=O) groups excluding carboxylic acids is 2.